The lowest BCUT2D eigenvalue weighted by Crippen LogP contribution is -2.50. The van der Waals surface area contributed by atoms with E-state index in [-0.39, 0.29) is 24.0 Å². The Morgan fingerprint density at radius 2 is 1.77 bits per heavy atom. The molecule has 1 aromatic carbocycles. The monoisotopic (exact) mass is 442 g/mol. The number of hydrogen-bond acceptors (Lipinski definition) is 6. The molecule has 3 aromatic rings. The summed E-state index contributed by atoms with van der Waals surface area (Å²) in [6.45, 7) is 1.73. The molecule has 10 heteroatoms. The van der Waals surface area contributed by atoms with Gasteiger partial charge in [-0.3, -0.25) is 19.7 Å². The van der Waals surface area contributed by atoms with Gasteiger partial charge in [0.15, 0.2) is 10.9 Å². The number of carbonyl (C=O) groups is 3. The van der Waals surface area contributed by atoms with E-state index in [0.717, 1.165) is 0 Å². The highest BCUT2D eigenvalue weighted by molar-refractivity contribution is 7.14. The van der Waals surface area contributed by atoms with Gasteiger partial charge in [0.2, 0.25) is 5.91 Å². The van der Waals surface area contributed by atoms with Crippen LogP contribution in [0, 0.1) is 5.82 Å². The molecule has 31 heavy (non-hydrogen) atoms. The molecule has 1 aliphatic heterocycles. The van der Waals surface area contributed by atoms with Crippen LogP contribution >= 0.6 is 11.3 Å². The van der Waals surface area contributed by atoms with Crippen LogP contribution < -0.4 is 5.32 Å². The average molecular weight is 442 g/mol. The molecule has 0 saturated carbocycles. The van der Waals surface area contributed by atoms with Gasteiger partial charge in [-0.05, 0) is 36.4 Å². The van der Waals surface area contributed by atoms with Gasteiger partial charge in [-0.1, -0.05) is 0 Å². The Kier molecular flexibility index (Phi) is 6.08. The number of piperazine rings is 1. The van der Waals surface area contributed by atoms with Crippen molar-refractivity contribution >= 4 is 34.2 Å². The first-order valence-corrected chi connectivity index (χ1v) is 10.5. The number of rotatable bonds is 5. The summed E-state index contributed by atoms with van der Waals surface area (Å²) in [4.78, 5) is 44.8. The summed E-state index contributed by atoms with van der Waals surface area (Å²) < 4.78 is 18.1. The molecule has 4 rings (SSSR count). The zero-order valence-corrected chi connectivity index (χ0v) is 17.2. The number of aromatic nitrogens is 1. The molecule has 1 aliphatic rings. The Morgan fingerprint density at radius 3 is 2.45 bits per heavy atom. The third-order valence-corrected chi connectivity index (χ3v) is 5.67. The number of amides is 3. The largest absolute Gasteiger partial charge is 0.459 e. The first-order chi connectivity index (χ1) is 15.0. The average Bonchev–Trinajstić information content (AvgIpc) is 3.46. The van der Waals surface area contributed by atoms with Gasteiger partial charge in [0.1, 0.15) is 5.82 Å². The fourth-order valence-electron chi connectivity index (χ4n) is 3.20. The van der Waals surface area contributed by atoms with Crippen LogP contribution in [0.3, 0.4) is 0 Å². The predicted octanol–water partition coefficient (Wildman–Crippen LogP) is 2.65. The summed E-state index contributed by atoms with van der Waals surface area (Å²) in [5.41, 5.74) is 0.870. The smallest absolute Gasteiger partial charge is 0.289 e. The fourth-order valence-corrected chi connectivity index (χ4v) is 3.90. The summed E-state index contributed by atoms with van der Waals surface area (Å²) in [7, 11) is 0. The van der Waals surface area contributed by atoms with Crippen molar-refractivity contribution in [3.63, 3.8) is 0 Å². The van der Waals surface area contributed by atoms with Gasteiger partial charge in [-0.15, -0.1) is 11.3 Å². The highest BCUT2D eigenvalue weighted by Crippen LogP contribution is 2.18. The Bertz CT molecular complexity index is 1070. The molecule has 0 radical (unpaired) electrons. The van der Waals surface area contributed by atoms with E-state index in [1.54, 1.807) is 27.3 Å². The molecule has 1 fully saturated rings. The van der Waals surface area contributed by atoms with Crippen molar-refractivity contribution in [2.45, 2.75) is 6.42 Å². The lowest BCUT2D eigenvalue weighted by molar-refractivity contribution is -0.132. The molecule has 1 saturated heterocycles. The number of nitrogens with one attached hydrogen (secondary N) is 1. The van der Waals surface area contributed by atoms with Crippen molar-refractivity contribution in [2.75, 3.05) is 31.5 Å². The quantitative estimate of drug-likeness (QED) is 0.656. The molecule has 0 spiro atoms. The van der Waals surface area contributed by atoms with Crippen LogP contribution in [0.1, 0.15) is 26.6 Å². The molecular formula is C21H19FN4O4S. The van der Waals surface area contributed by atoms with Crippen molar-refractivity contribution in [3.05, 3.63) is 70.9 Å². The standard InChI is InChI=1S/C21H19FN4O4S/c22-15-5-3-14(4-6-15)19(28)24-21-23-16(13-31-21)12-18(27)25-7-9-26(10-8-25)20(29)17-2-1-11-30-17/h1-6,11,13H,7-10,12H2,(H,23,24,28). The van der Waals surface area contributed by atoms with Crippen LogP contribution in [0.5, 0.6) is 0 Å². The van der Waals surface area contributed by atoms with Crippen molar-refractivity contribution in [2.24, 2.45) is 0 Å². The lowest BCUT2D eigenvalue weighted by atomic mass is 10.2. The number of carbonyl (C=O) groups excluding carboxylic acids is 3. The van der Waals surface area contributed by atoms with E-state index >= 15 is 0 Å². The van der Waals surface area contributed by atoms with E-state index in [9.17, 15) is 18.8 Å². The second-order valence-corrected chi connectivity index (χ2v) is 7.79. The van der Waals surface area contributed by atoms with Crippen LogP contribution in [-0.2, 0) is 11.2 Å². The number of furan rings is 1. The molecule has 3 amide bonds. The van der Waals surface area contributed by atoms with Crippen molar-refractivity contribution < 1.29 is 23.2 Å². The first-order valence-electron chi connectivity index (χ1n) is 9.61. The van der Waals surface area contributed by atoms with Gasteiger partial charge in [-0.25, -0.2) is 9.37 Å². The van der Waals surface area contributed by atoms with Crippen LogP contribution in [0.25, 0.3) is 0 Å². The van der Waals surface area contributed by atoms with Crippen LogP contribution in [-0.4, -0.2) is 58.7 Å². The lowest BCUT2D eigenvalue weighted by Gasteiger charge is -2.34. The minimum absolute atomic E-state index is 0.0909. The summed E-state index contributed by atoms with van der Waals surface area (Å²) in [6, 6.07) is 8.48. The minimum Gasteiger partial charge on any atom is -0.459 e. The van der Waals surface area contributed by atoms with Crippen LogP contribution in [0.15, 0.2) is 52.5 Å². The van der Waals surface area contributed by atoms with E-state index in [1.807, 2.05) is 0 Å². The Morgan fingerprint density at radius 1 is 1.06 bits per heavy atom. The predicted molar refractivity (Wildman–Crippen MR) is 111 cm³/mol. The number of hydrogen-bond donors (Lipinski definition) is 1. The number of thiazole rings is 1. The Labute approximate surface area is 181 Å². The van der Waals surface area contributed by atoms with E-state index in [0.29, 0.717) is 42.6 Å². The van der Waals surface area contributed by atoms with Crippen molar-refractivity contribution in [1.29, 1.82) is 0 Å². The summed E-state index contributed by atoms with van der Waals surface area (Å²) >= 11 is 1.22. The van der Waals surface area contributed by atoms with Gasteiger partial charge < -0.3 is 14.2 Å². The van der Waals surface area contributed by atoms with Crippen molar-refractivity contribution in [3.8, 4) is 0 Å². The molecule has 0 bridgehead atoms. The van der Waals surface area contributed by atoms with Crippen LogP contribution in [0.2, 0.25) is 0 Å². The summed E-state index contributed by atoms with van der Waals surface area (Å²) in [5, 5.41) is 4.73. The normalized spacial score (nSPS) is 13.8. The van der Waals surface area contributed by atoms with E-state index in [2.05, 4.69) is 10.3 Å². The van der Waals surface area contributed by atoms with Crippen LogP contribution in [0.4, 0.5) is 9.52 Å². The summed E-state index contributed by atoms with van der Waals surface area (Å²) in [5.74, 6) is -0.801. The second kappa shape index (κ2) is 9.09. The molecule has 2 aromatic heterocycles. The topological polar surface area (TPSA) is 95.8 Å². The molecule has 1 N–H and O–H groups in total. The molecular weight excluding hydrogens is 423 g/mol. The Hall–Kier alpha value is -3.53. The molecule has 160 valence electrons. The molecule has 0 unspecified atom stereocenters. The molecule has 3 heterocycles. The maximum absolute atomic E-state index is 13.0. The summed E-state index contributed by atoms with van der Waals surface area (Å²) in [6.07, 6.45) is 1.56. The maximum atomic E-state index is 13.0. The van der Waals surface area contributed by atoms with E-state index in [1.165, 1.54) is 41.9 Å². The van der Waals surface area contributed by atoms with Gasteiger partial charge in [0.05, 0.1) is 18.4 Å². The molecule has 0 aliphatic carbocycles. The maximum Gasteiger partial charge on any atom is 0.289 e. The molecule has 0 atom stereocenters. The zero-order chi connectivity index (χ0) is 21.8. The van der Waals surface area contributed by atoms with Gasteiger partial charge in [-0.2, -0.15) is 0 Å². The number of halogens is 1. The van der Waals surface area contributed by atoms with Crippen molar-refractivity contribution in [1.82, 2.24) is 14.8 Å². The highest BCUT2D eigenvalue weighted by atomic mass is 32.1. The second-order valence-electron chi connectivity index (χ2n) is 6.93. The SMILES string of the molecule is O=C(Nc1nc(CC(=O)N2CCN(C(=O)c3ccco3)CC2)cs1)c1ccc(F)cc1. The number of anilines is 1. The van der Waals surface area contributed by atoms with Gasteiger partial charge in [0.25, 0.3) is 11.8 Å². The molecule has 8 nitrogen and oxygen atoms in total. The highest BCUT2D eigenvalue weighted by Gasteiger charge is 2.26. The van der Waals surface area contributed by atoms with E-state index < -0.39 is 11.7 Å². The minimum atomic E-state index is -0.419. The number of benzene rings is 1. The number of nitrogens with zero attached hydrogens (tertiary/aromatic N) is 3. The fraction of sp³-hybridized carbons (Fsp3) is 0.238. The first kappa shape index (κ1) is 20.7. The third kappa shape index (κ3) is 4.97. The Balaban J connectivity index is 1.28. The zero-order valence-electron chi connectivity index (χ0n) is 16.4. The van der Waals surface area contributed by atoms with Gasteiger partial charge in [0, 0.05) is 37.1 Å². The third-order valence-electron chi connectivity index (χ3n) is 4.86. The van der Waals surface area contributed by atoms with E-state index in [4.69, 9.17) is 4.42 Å². The van der Waals surface area contributed by atoms with Gasteiger partial charge >= 0.3 is 0 Å².